The Hall–Kier alpha value is -1.39. The minimum Gasteiger partial charge on any atom is -0.287 e. The first kappa shape index (κ1) is 11.1. The number of nitrogens with zero attached hydrogens (tertiary/aromatic N) is 2. The van der Waals surface area contributed by atoms with Crippen molar-refractivity contribution in [2.45, 2.75) is 0 Å². The van der Waals surface area contributed by atoms with Crippen LogP contribution in [-0.4, -0.2) is 17.9 Å². The van der Waals surface area contributed by atoms with Gasteiger partial charge in [-0.2, -0.15) is 0 Å². The maximum Gasteiger partial charge on any atom is 0.261 e. The number of amides is 1. The molecule has 0 spiro atoms. The van der Waals surface area contributed by atoms with Gasteiger partial charge in [0, 0.05) is 18.6 Å². The third-order valence-electron chi connectivity index (χ3n) is 2.12. The number of carbonyl (C=O) groups is 1. The molecule has 0 saturated heterocycles. The van der Waals surface area contributed by atoms with Crippen LogP contribution in [0.5, 0.6) is 0 Å². The van der Waals surface area contributed by atoms with E-state index in [1.807, 2.05) is 5.38 Å². The van der Waals surface area contributed by atoms with E-state index in [4.69, 9.17) is 11.6 Å². The number of hydrogen-bond acceptors (Lipinski definition) is 3. The lowest BCUT2D eigenvalue weighted by molar-refractivity contribution is 0.0993. The highest BCUT2D eigenvalue weighted by molar-refractivity contribution is 7.13. The molecule has 82 valence electrons. The van der Waals surface area contributed by atoms with Crippen molar-refractivity contribution in [3.8, 4) is 0 Å². The Balaban J connectivity index is 2.30. The fraction of sp³-hybridized carbons (Fsp3) is 0.0909. The third-order valence-corrected chi connectivity index (χ3v) is 3.29. The fourth-order valence-corrected chi connectivity index (χ4v) is 2.11. The normalized spacial score (nSPS) is 10.1. The Bertz CT molecular complexity index is 498. The number of aromatic nitrogens is 1. The zero-order chi connectivity index (χ0) is 11.5. The molecule has 2 rings (SSSR count). The summed E-state index contributed by atoms with van der Waals surface area (Å²) in [5, 5.41) is 2.94. The van der Waals surface area contributed by atoms with Crippen LogP contribution in [0, 0.1) is 0 Å². The molecular weight excluding hydrogens is 244 g/mol. The van der Waals surface area contributed by atoms with E-state index in [9.17, 15) is 4.79 Å². The van der Waals surface area contributed by atoms with E-state index in [1.54, 1.807) is 37.5 Å². The van der Waals surface area contributed by atoms with Gasteiger partial charge in [-0.05, 0) is 12.1 Å². The third kappa shape index (κ3) is 2.08. The molecule has 0 fully saturated rings. The van der Waals surface area contributed by atoms with Gasteiger partial charge < -0.3 is 0 Å². The van der Waals surface area contributed by atoms with Crippen LogP contribution in [0.25, 0.3) is 0 Å². The van der Waals surface area contributed by atoms with E-state index in [0.29, 0.717) is 15.7 Å². The zero-order valence-corrected chi connectivity index (χ0v) is 10.1. The predicted octanol–water partition coefficient (Wildman–Crippen LogP) is 3.07. The lowest BCUT2D eigenvalue weighted by Gasteiger charge is -2.14. The number of hydrogen-bond donors (Lipinski definition) is 0. The molecule has 0 radical (unpaired) electrons. The van der Waals surface area contributed by atoms with E-state index in [2.05, 4.69) is 4.98 Å². The van der Waals surface area contributed by atoms with Crippen LogP contribution in [0.3, 0.4) is 0 Å². The molecule has 5 heteroatoms. The van der Waals surface area contributed by atoms with Gasteiger partial charge in [-0.15, -0.1) is 11.3 Å². The van der Waals surface area contributed by atoms with Crippen LogP contribution in [0.15, 0.2) is 35.8 Å². The molecule has 0 saturated carbocycles. The van der Waals surface area contributed by atoms with Crippen molar-refractivity contribution < 1.29 is 4.79 Å². The van der Waals surface area contributed by atoms with Crippen LogP contribution >= 0.6 is 22.9 Å². The molecule has 16 heavy (non-hydrogen) atoms. The van der Waals surface area contributed by atoms with Gasteiger partial charge >= 0.3 is 0 Å². The molecule has 0 aliphatic heterocycles. The van der Waals surface area contributed by atoms with Crippen LogP contribution < -0.4 is 4.90 Å². The highest BCUT2D eigenvalue weighted by atomic mass is 35.5. The molecule has 3 nitrogen and oxygen atoms in total. The summed E-state index contributed by atoms with van der Waals surface area (Å²) in [5.74, 6) is -0.152. The summed E-state index contributed by atoms with van der Waals surface area (Å²) in [6.07, 6.45) is 1.66. The molecule has 0 atom stereocenters. The van der Waals surface area contributed by atoms with Gasteiger partial charge in [0.2, 0.25) is 0 Å². The quantitative estimate of drug-likeness (QED) is 0.823. The lowest BCUT2D eigenvalue weighted by atomic mass is 10.2. The van der Waals surface area contributed by atoms with Crippen LogP contribution in [0.2, 0.25) is 5.02 Å². The maximum atomic E-state index is 12.1. The summed E-state index contributed by atoms with van der Waals surface area (Å²) in [7, 11) is 1.69. The second kappa shape index (κ2) is 4.63. The van der Waals surface area contributed by atoms with Gasteiger partial charge in [-0.1, -0.05) is 23.7 Å². The zero-order valence-electron chi connectivity index (χ0n) is 8.55. The molecule has 0 bridgehead atoms. The van der Waals surface area contributed by atoms with Crippen molar-refractivity contribution >= 4 is 34.0 Å². The fourth-order valence-electron chi connectivity index (χ4n) is 1.28. The molecule has 0 unspecified atom stereocenters. The van der Waals surface area contributed by atoms with Crippen molar-refractivity contribution in [1.82, 2.24) is 4.98 Å². The standard InChI is InChI=1S/C11H9ClN2OS/c1-14(11-13-6-7-16-11)10(15)8-4-2-3-5-9(8)12/h2-7H,1H3. The smallest absolute Gasteiger partial charge is 0.261 e. The topological polar surface area (TPSA) is 33.2 Å². The summed E-state index contributed by atoms with van der Waals surface area (Å²) in [4.78, 5) is 17.6. The number of benzene rings is 1. The molecule has 0 N–H and O–H groups in total. The maximum absolute atomic E-state index is 12.1. The van der Waals surface area contributed by atoms with Crippen molar-refractivity contribution in [3.05, 3.63) is 46.4 Å². The average molecular weight is 253 g/mol. The van der Waals surface area contributed by atoms with E-state index < -0.39 is 0 Å². The van der Waals surface area contributed by atoms with E-state index in [-0.39, 0.29) is 5.91 Å². The molecule has 1 aromatic heterocycles. The Morgan fingerprint density at radius 2 is 2.19 bits per heavy atom. The minimum absolute atomic E-state index is 0.152. The molecule has 1 amide bonds. The number of anilines is 1. The van der Waals surface area contributed by atoms with Crippen molar-refractivity contribution in [2.24, 2.45) is 0 Å². The summed E-state index contributed by atoms with van der Waals surface area (Å²) in [5.41, 5.74) is 0.488. The van der Waals surface area contributed by atoms with Crippen molar-refractivity contribution in [1.29, 1.82) is 0 Å². The van der Waals surface area contributed by atoms with Crippen molar-refractivity contribution in [3.63, 3.8) is 0 Å². The van der Waals surface area contributed by atoms with Crippen LogP contribution in [0.1, 0.15) is 10.4 Å². The highest BCUT2D eigenvalue weighted by Crippen LogP contribution is 2.21. The first-order valence-corrected chi connectivity index (χ1v) is 5.88. The minimum atomic E-state index is -0.152. The first-order valence-electron chi connectivity index (χ1n) is 4.62. The molecule has 2 aromatic rings. The van der Waals surface area contributed by atoms with Gasteiger partial charge in [-0.25, -0.2) is 4.98 Å². The lowest BCUT2D eigenvalue weighted by Crippen LogP contribution is -2.26. The average Bonchev–Trinajstić information content (AvgIpc) is 2.81. The molecular formula is C11H9ClN2OS. The monoisotopic (exact) mass is 252 g/mol. The van der Waals surface area contributed by atoms with Gasteiger partial charge in [0.15, 0.2) is 5.13 Å². The first-order chi connectivity index (χ1) is 7.70. The van der Waals surface area contributed by atoms with E-state index in [1.165, 1.54) is 16.2 Å². The van der Waals surface area contributed by atoms with Crippen molar-refractivity contribution in [2.75, 3.05) is 11.9 Å². The molecule has 0 aliphatic rings. The Morgan fingerprint density at radius 3 is 2.81 bits per heavy atom. The molecule has 1 heterocycles. The Kier molecular flexibility index (Phi) is 3.22. The number of halogens is 1. The second-order valence-corrected chi connectivity index (χ2v) is 4.44. The second-order valence-electron chi connectivity index (χ2n) is 3.16. The largest absolute Gasteiger partial charge is 0.287 e. The van der Waals surface area contributed by atoms with E-state index in [0.717, 1.165) is 0 Å². The Morgan fingerprint density at radius 1 is 1.44 bits per heavy atom. The summed E-state index contributed by atoms with van der Waals surface area (Å²) in [6, 6.07) is 6.98. The van der Waals surface area contributed by atoms with E-state index >= 15 is 0 Å². The van der Waals surface area contributed by atoms with Gasteiger partial charge in [0.05, 0.1) is 10.6 Å². The van der Waals surface area contributed by atoms with Crippen LogP contribution in [0.4, 0.5) is 5.13 Å². The highest BCUT2D eigenvalue weighted by Gasteiger charge is 2.17. The number of carbonyl (C=O) groups excluding carboxylic acids is 1. The number of rotatable bonds is 2. The summed E-state index contributed by atoms with van der Waals surface area (Å²) in [6.45, 7) is 0. The summed E-state index contributed by atoms with van der Waals surface area (Å²) >= 11 is 7.37. The SMILES string of the molecule is CN(C(=O)c1ccccc1Cl)c1nccs1. The molecule has 1 aromatic carbocycles. The van der Waals surface area contributed by atoms with Crippen LogP contribution in [-0.2, 0) is 0 Å². The van der Waals surface area contributed by atoms with Gasteiger partial charge in [-0.3, -0.25) is 9.69 Å². The summed E-state index contributed by atoms with van der Waals surface area (Å²) < 4.78 is 0. The predicted molar refractivity (Wildman–Crippen MR) is 66.3 cm³/mol. The molecule has 0 aliphatic carbocycles. The Labute approximate surface area is 102 Å². The van der Waals surface area contributed by atoms with Gasteiger partial charge in [0.25, 0.3) is 5.91 Å². The van der Waals surface area contributed by atoms with Gasteiger partial charge in [0.1, 0.15) is 0 Å². The number of thiazole rings is 1.